The largest absolute Gasteiger partial charge is 0.198 e. The minimum Gasteiger partial charge on any atom is -0.198 e. The van der Waals surface area contributed by atoms with E-state index in [0.29, 0.717) is 0 Å². The molecule has 0 spiro atoms. The molecule has 0 amide bonds. The van der Waals surface area contributed by atoms with Gasteiger partial charge in [0.25, 0.3) is 0 Å². The molecule has 1 fully saturated rings. The van der Waals surface area contributed by atoms with Gasteiger partial charge in [-0.1, -0.05) is 19.8 Å². The van der Waals surface area contributed by atoms with E-state index in [0.717, 1.165) is 18.3 Å². The van der Waals surface area contributed by atoms with Gasteiger partial charge in [0.2, 0.25) is 0 Å². The molecule has 1 nitrogen and oxygen atoms in total. The highest BCUT2D eigenvalue weighted by Gasteiger charge is 2.22. The van der Waals surface area contributed by atoms with E-state index < -0.39 is 0 Å². The molecule has 1 heteroatoms. The summed E-state index contributed by atoms with van der Waals surface area (Å²) in [4.78, 5) is 0. The van der Waals surface area contributed by atoms with E-state index in [1.54, 1.807) is 0 Å². The fourth-order valence-electron chi connectivity index (χ4n) is 1.64. The van der Waals surface area contributed by atoms with Crippen LogP contribution in [0.25, 0.3) is 0 Å². The quantitative estimate of drug-likeness (QED) is 0.525. The van der Waals surface area contributed by atoms with Gasteiger partial charge in [-0.3, -0.25) is 0 Å². The molecule has 50 valence electrons. The van der Waals surface area contributed by atoms with Crippen molar-refractivity contribution in [2.45, 2.75) is 32.6 Å². The Hall–Kier alpha value is -0.510. The standard InChI is InChI=1S/C8H13N/c1-7-3-2-4-8(7)5-6-9/h7-8H,2-5H2,1H3/t7-,8+/m0/s1. The van der Waals surface area contributed by atoms with E-state index in [-0.39, 0.29) is 0 Å². The van der Waals surface area contributed by atoms with E-state index in [9.17, 15) is 0 Å². The summed E-state index contributed by atoms with van der Waals surface area (Å²) in [6.45, 7) is 2.26. The summed E-state index contributed by atoms with van der Waals surface area (Å²) in [6, 6.07) is 2.24. The smallest absolute Gasteiger partial charge is 0.0624 e. The SMILES string of the molecule is C[C@H]1CCC[C@@H]1CC#N. The highest BCUT2D eigenvalue weighted by atomic mass is 14.3. The van der Waals surface area contributed by atoms with Crippen LogP contribution in [0.1, 0.15) is 32.6 Å². The van der Waals surface area contributed by atoms with Gasteiger partial charge in [0.1, 0.15) is 0 Å². The van der Waals surface area contributed by atoms with E-state index in [4.69, 9.17) is 5.26 Å². The minimum atomic E-state index is 0.718. The average Bonchev–Trinajstić information content (AvgIpc) is 2.18. The third kappa shape index (κ3) is 1.45. The van der Waals surface area contributed by atoms with Crippen LogP contribution in [0.3, 0.4) is 0 Å². The number of hydrogen-bond acceptors (Lipinski definition) is 1. The topological polar surface area (TPSA) is 23.8 Å². The highest BCUT2D eigenvalue weighted by molar-refractivity contribution is 4.82. The maximum absolute atomic E-state index is 8.39. The molecule has 2 atom stereocenters. The van der Waals surface area contributed by atoms with Crippen molar-refractivity contribution in [2.75, 3.05) is 0 Å². The van der Waals surface area contributed by atoms with Gasteiger partial charge in [-0.25, -0.2) is 0 Å². The van der Waals surface area contributed by atoms with Gasteiger partial charge in [0.15, 0.2) is 0 Å². The van der Waals surface area contributed by atoms with E-state index in [1.165, 1.54) is 19.3 Å². The fourth-order valence-corrected chi connectivity index (χ4v) is 1.64. The second-order valence-electron chi connectivity index (χ2n) is 3.03. The Labute approximate surface area is 56.7 Å². The van der Waals surface area contributed by atoms with E-state index in [1.807, 2.05) is 0 Å². The zero-order valence-electron chi connectivity index (χ0n) is 5.93. The van der Waals surface area contributed by atoms with Gasteiger partial charge in [0.05, 0.1) is 6.07 Å². The van der Waals surface area contributed by atoms with Crippen molar-refractivity contribution < 1.29 is 0 Å². The lowest BCUT2D eigenvalue weighted by molar-refractivity contribution is 0.427. The Morgan fingerprint density at radius 1 is 1.56 bits per heavy atom. The van der Waals surface area contributed by atoms with Crippen molar-refractivity contribution >= 4 is 0 Å². The molecular weight excluding hydrogens is 110 g/mol. The minimum absolute atomic E-state index is 0.718. The van der Waals surface area contributed by atoms with Crippen LogP contribution in [0.15, 0.2) is 0 Å². The highest BCUT2D eigenvalue weighted by Crippen LogP contribution is 2.32. The lowest BCUT2D eigenvalue weighted by Crippen LogP contribution is -2.01. The summed E-state index contributed by atoms with van der Waals surface area (Å²) in [7, 11) is 0. The van der Waals surface area contributed by atoms with Gasteiger partial charge in [-0.2, -0.15) is 5.26 Å². The first kappa shape index (κ1) is 6.61. The normalized spacial score (nSPS) is 34.2. The number of nitriles is 1. The van der Waals surface area contributed by atoms with Gasteiger partial charge >= 0.3 is 0 Å². The predicted octanol–water partition coefficient (Wildman–Crippen LogP) is 2.34. The summed E-state index contributed by atoms with van der Waals surface area (Å²) >= 11 is 0. The van der Waals surface area contributed by atoms with Crippen LogP contribution in [0.4, 0.5) is 0 Å². The van der Waals surface area contributed by atoms with Gasteiger partial charge in [0, 0.05) is 6.42 Å². The Bertz CT molecular complexity index is 123. The molecule has 0 aromatic heterocycles. The van der Waals surface area contributed by atoms with Crippen LogP contribution in [-0.2, 0) is 0 Å². The number of rotatable bonds is 1. The molecule has 0 bridgehead atoms. The first-order chi connectivity index (χ1) is 4.34. The van der Waals surface area contributed by atoms with Crippen molar-refractivity contribution in [3.8, 4) is 6.07 Å². The Morgan fingerprint density at radius 2 is 2.33 bits per heavy atom. The van der Waals surface area contributed by atoms with Crippen LogP contribution in [0, 0.1) is 23.2 Å². The van der Waals surface area contributed by atoms with Crippen molar-refractivity contribution in [3.63, 3.8) is 0 Å². The number of hydrogen-bond donors (Lipinski definition) is 0. The fraction of sp³-hybridized carbons (Fsp3) is 0.875. The van der Waals surface area contributed by atoms with Crippen molar-refractivity contribution in [1.82, 2.24) is 0 Å². The summed E-state index contributed by atoms with van der Waals surface area (Å²) in [5.74, 6) is 1.53. The first-order valence-corrected chi connectivity index (χ1v) is 3.71. The van der Waals surface area contributed by atoms with Gasteiger partial charge in [-0.05, 0) is 18.3 Å². The molecule has 0 heterocycles. The summed E-state index contributed by atoms with van der Waals surface area (Å²) in [5.41, 5.74) is 0. The van der Waals surface area contributed by atoms with Gasteiger partial charge in [-0.15, -0.1) is 0 Å². The molecule has 0 aliphatic heterocycles. The van der Waals surface area contributed by atoms with Crippen LogP contribution in [-0.4, -0.2) is 0 Å². The molecule has 1 aliphatic carbocycles. The lowest BCUT2D eigenvalue weighted by atomic mass is 9.96. The predicted molar refractivity (Wildman–Crippen MR) is 36.7 cm³/mol. The van der Waals surface area contributed by atoms with Gasteiger partial charge < -0.3 is 0 Å². The second kappa shape index (κ2) is 2.87. The summed E-state index contributed by atoms with van der Waals surface area (Å²) in [6.07, 6.45) is 4.75. The second-order valence-corrected chi connectivity index (χ2v) is 3.03. The molecule has 1 saturated carbocycles. The Balaban J connectivity index is 2.33. The molecule has 0 saturated heterocycles. The molecule has 0 aromatic rings. The third-order valence-corrected chi connectivity index (χ3v) is 2.39. The Morgan fingerprint density at radius 3 is 2.78 bits per heavy atom. The van der Waals surface area contributed by atoms with E-state index in [2.05, 4.69) is 13.0 Å². The molecule has 0 aromatic carbocycles. The molecule has 0 radical (unpaired) electrons. The molecule has 1 rings (SSSR count). The zero-order chi connectivity index (χ0) is 6.69. The van der Waals surface area contributed by atoms with Crippen LogP contribution in [0.2, 0.25) is 0 Å². The van der Waals surface area contributed by atoms with Crippen molar-refractivity contribution in [3.05, 3.63) is 0 Å². The van der Waals surface area contributed by atoms with Crippen molar-refractivity contribution in [1.29, 1.82) is 5.26 Å². The summed E-state index contributed by atoms with van der Waals surface area (Å²) in [5, 5.41) is 8.39. The maximum Gasteiger partial charge on any atom is 0.0624 e. The maximum atomic E-state index is 8.39. The molecular formula is C8H13N. The Kier molecular flexibility index (Phi) is 2.10. The molecule has 0 N–H and O–H groups in total. The lowest BCUT2D eigenvalue weighted by Gasteiger charge is -2.08. The van der Waals surface area contributed by atoms with Crippen LogP contribution < -0.4 is 0 Å². The molecule has 0 unspecified atom stereocenters. The van der Waals surface area contributed by atoms with Crippen LogP contribution in [0.5, 0.6) is 0 Å². The summed E-state index contributed by atoms with van der Waals surface area (Å²) < 4.78 is 0. The monoisotopic (exact) mass is 123 g/mol. The molecule has 9 heavy (non-hydrogen) atoms. The van der Waals surface area contributed by atoms with Crippen molar-refractivity contribution in [2.24, 2.45) is 11.8 Å². The van der Waals surface area contributed by atoms with Crippen LogP contribution >= 0.6 is 0 Å². The first-order valence-electron chi connectivity index (χ1n) is 3.71. The zero-order valence-corrected chi connectivity index (χ0v) is 5.93. The average molecular weight is 123 g/mol. The molecule has 1 aliphatic rings. The number of nitrogens with zero attached hydrogens (tertiary/aromatic N) is 1. The third-order valence-electron chi connectivity index (χ3n) is 2.39. The van der Waals surface area contributed by atoms with E-state index >= 15 is 0 Å².